The molecule has 0 saturated heterocycles. The monoisotopic (exact) mass is 365 g/mol. The third-order valence-corrected chi connectivity index (χ3v) is 4.25. The molecule has 0 aliphatic heterocycles. The first-order chi connectivity index (χ1) is 12.6. The van der Waals surface area contributed by atoms with Gasteiger partial charge in [-0.05, 0) is 31.4 Å². The van der Waals surface area contributed by atoms with Crippen molar-refractivity contribution in [2.45, 2.75) is 52.5 Å². The van der Waals surface area contributed by atoms with Crippen LogP contribution in [0.2, 0.25) is 0 Å². The molecule has 1 N–H and O–H groups in total. The summed E-state index contributed by atoms with van der Waals surface area (Å²) in [5.41, 5.74) is 0. The summed E-state index contributed by atoms with van der Waals surface area (Å²) in [7, 11) is 1.34. The maximum atomic E-state index is 12.2. The van der Waals surface area contributed by atoms with Crippen molar-refractivity contribution in [2.24, 2.45) is 5.92 Å². The molecule has 0 fully saturated rings. The predicted octanol–water partition coefficient (Wildman–Crippen LogP) is 3.34. The molecule has 0 aromatic heterocycles. The lowest BCUT2D eigenvalue weighted by molar-refractivity contribution is -0.146. The predicted molar refractivity (Wildman–Crippen MR) is 100 cm³/mol. The average Bonchev–Trinajstić information content (AvgIpc) is 2.66. The molecular formula is C20H31NO5. The number of methoxy groups -OCH3 is 1. The molecule has 1 aromatic rings. The lowest BCUT2D eigenvalue weighted by Gasteiger charge is -2.24. The summed E-state index contributed by atoms with van der Waals surface area (Å²) in [6.07, 6.45) is 2.43. The highest BCUT2D eigenvalue weighted by atomic mass is 16.5. The first kappa shape index (κ1) is 21.8. The number of amides is 1. The van der Waals surface area contributed by atoms with Crippen molar-refractivity contribution in [1.82, 2.24) is 5.32 Å². The van der Waals surface area contributed by atoms with Crippen LogP contribution >= 0.6 is 0 Å². The van der Waals surface area contributed by atoms with Gasteiger partial charge in [0.15, 0.2) is 11.5 Å². The highest BCUT2D eigenvalue weighted by Gasteiger charge is 2.28. The lowest BCUT2D eigenvalue weighted by Crippen LogP contribution is -2.46. The van der Waals surface area contributed by atoms with Gasteiger partial charge < -0.3 is 19.5 Å². The quantitative estimate of drug-likeness (QED) is 0.454. The molecule has 1 atom stereocenters. The third-order valence-electron chi connectivity index (χ3n) is 4.25. The fourth-order valence-corrected chi connectivity index (χ4v) is 2.76. The number of rotatable bonds is 12. The molecule has 0 unspecified atom stereocenters. The van der Waals surface area contributed by atoms with Gasteiger partial charge in [-0.15, -0.1) is 0 Å². The summed E-state index contributed by atoms with van der Waals surface area (Å²) in [5.74, 6) is 0.863. The van der Waals surface area contributed by atoms with Crippen molar-refractivity contribution in [3.8, 4) is 11.5 Å². The molecule has 0 saturated carbocycles. The van der Waals surface area contributed by atoms with Crippen molar-refractivity contribution < 1.29 is 23.8 Å². The van der Waals surface area contributed by atoms with Gasteiger partial charge in [0.1, 0.15) is 6.04 Å². The van der Waals surface area contributed by atoms with E-state index in [1.807, 2.05) is 45.0 Å². The normalized spacial score (nSPS) is 11.7. The number of carbonyl (C=O) groups is 2. The SMILES string of the molecule is CCOc1ccccc1OCCCC(=O)N[C@H](C(=O)OC)C(CC)CC. The van der Waals surface area contributed by atoms with Crippen LogP contribution in [0, 0.1) is 5.92 Å². The molecule has 6 nitrogen and oxygen atoms in total. The van der Waals surface area contributed by atoms with Crippen LogP contribution in [0.1, 0.15) is 46.5 Å². The molecule has 0 bridgehead atoms. The van der Waals surface area contributed by atoms with Crippen LogP contribution in [0.4, 0.5) is 0 Å². The summed E-state index contributed by atoms with van der Waals surface area (Å²) in [4.78, 5) is 24.1. The van der Waals surface area contributed by atoms with E-state index in [2.05, 4.69) is 5.32 Å². The van der Waals surface area contributed by atoms with Gasteiger partial charge in [0.25, 0.3) is 0 Å². The minimum absolute atomic E-state index is 0.0701. The highest BCUT2D eigenvalue weighted by molar-refractivity contribution is 5.84. The number of hydrogen-bond donors (Lipinski definition) is 1. The molecule has 0 radical (unpaired) electrons. The third kappa shape index (κ3) is 6.94. The maximum Gasteiger partial charge on any atom is 0.328 e. The van der Waals surface area contributed by atoms with E-state index < -0.39 is 12.0 Å². The zero-order valence-electron chi connectivity index (χ0n) is 16.2. The van der Waals surface area contributed by atoms with Crippen molar-refractivity contribution in [1.29, 1.82) is 0 Å². The minimum Gasteiger partial charge on any atom is -0.490 e. The number of carbonyl (C=O) groups excluding carboxylic acids is 2. The highest BCUT2D eigenvalue weighted by Crippen LogP contribution is 2.26. The number of nitrogens with one attached hydrogen (secondary N) is 1. The molecular weight excluding hydrogens is 334 g/mol. The zero-order chi connectivity index (χ0) is 19.4. The molecule has 6 heteroatoms. The molecule has 1 amide bonds. The molecule has 26 heavy (non-hydrogen) atoms. The Labute approximate surface area is 156 Å². The van der Waals surface area contributed by atoms with Crippen molar-refractivity contribution in [3.63, 3.8) is 0 Å². The van der Waals surface area contributed by atoms with E-state index in [1.54, 1.807) is 0 Å². The van der Waals surface area contributed by atoms with E-state index in [0.717, 1.165) is 12.8 Å². The lowest BCUT2D eigenvalue weighted by atomic mass is 9.94. The molecule has 0 spiro atoms. The van der Waals surface area contributed by atoms with Gasteiger partial charge in [0.05, 0.1) is 20.3 Å². The smallest absolute Gasteiger partial charge is 0.328 e. The average molecular weight is 365 g/mol. The van der Waals surface area contributed by atoms with Gasteiger partial charge in [-0.2, -0.15) is 0 Å². The second-order valence-corrected chi connectivity index (χ2v) is 5.98. The molecule has 1 rings (SSSR count). The Morgan fingerprint density at radius 2 is 1.65 bits per heavy atom. The van der Waals surface area contributed by atoms with E-state index in [1.165, 1.54) is 7.11 Å². The van der Waals surface area contributed by atoms with Crippen LogP contribution in [0.15, 0.2) is 24.3 Å². The van der Waals surface area contributed by atoms with E-state index in [0.29, 0.717) is 31.1 Å². The summed E-state index contributed by atoms with van der Waals surface area (Å²) < 4.78 is 16.0. The van der Waals surface area contributed by atoms with Crippen LogP contribution < -0.4 is 14.8 Å². The largest absolute Gasteiger partial charge is 0.490 e. The zero-order valence-corrected chi connectivity index (χ0v) is 16.2. The van der Waals surface area contributed by atoms with Gasteiger partial charge in [-0.1, -0.05) is 38.8 Å². The first-order valence-electron chi connectivity index (χ1n) is 9.29. The Kier molecular flexibility index (Phi) is 10.2. The number of ether oxygens (including phenoxy) is 3. The Morgan fingerprint density at radius 1 is 1.04 bits per heavy atom. The molecule has 146 valence electrons. The van der Waals surface area contributed by atoms with Crippen molar-refractivity contribution in [3.05, 3.63) is 24.3 Å². The number of hydrogen-bond acceptors (Lipinski definition) is 5. The minimum atomic E-state index is -0.595. The Hall–Kier alpha value is -2.24. The summed E-state index contributed by atoms with van der Waals surface area (Å²) in [6.45, 7) is 6.87. The molecule has 1 aromatic carbocycles. The molecule has 0 aliphatic rings. The van der Waals surface area contributed by atoms with Gasteiger partial charge in [-0.25, -0.2) is 4.79 Å². The van der Waals surface area contributed by atoms with Crippen LogP contribution in [-0.4, -0.2) is 38.2 Å². The Bertz CT molecular complexity index is 557. The van der Waals surface area contributed by atoms with Gasteiger partial charge >= 0.3 is 5.97 Å². The molecule has 0 aliphatic carbocycles. The number of para-hydroxylation sites is 2. The van der Waals surface area contributed by atoms with E-state index >= 15 is 0 Å². The summed E-state index contributed by atoms with van der Waals surface area (Å²) in [6, 6.07) is 6.85. The second-order valence-electron chi connectivity index (χ2n) is 5.98. The second kappa shape index (κ2) is 12.2. The summed E-state index contributed by atoms with van der Waals surface area (Å²) >= 11 is 0. The van der Waals surface area contributed by atoms with Gasteiger partial charge in [-0.3, -0.25) is 4.79 Å². The Balaban J connectivity index is 2.47. The standard InChI is InChI=1S/C20H31NO5/c1-5-15(6-2)19(20(23)24-4)21-18(22)13-10-14-26-17-12-9-8-11-16(17)25-7-3/h8-9,11-12,15,19H,5-7,10,13-14H2,1-4H3,(H,21,22)/t19-/m0/s1. The van der Waals surface area contributed by atoms with Crippen LogP contribution in [0.5, 0.6) is 11.5 Å². The van der Waals surface area contributed by atoms with E-state index in [-0.39, 0.29) is 18.2 Å². The van der Waals surface area contributed by atoms with Crippen LogP contribution in [0.3, 0.4) is 0 Å². The van der Waals surface area contributed by atoms with Gasteiger partial charge in [0.2, 0.25) is 5.91 Å². The fraction of sp³-hybridized carbons (Fsp3) is 0.600. The summed E-state index contributed by atoms with van der Waals surface area (Å²) in [5, 5.41) is 2.81. The fourth-order valence-electron chi connectivity index (χ4n) is 2.76. The topological polar surface area (TPSA) is 73.9 Å². The van der Waals surface area contributed by atoms with Crippen LogP contribution in [0.25, 0.3) is 0 Å². The van der Waals surface area contributed by atoms with Crippen LogP contribution in [-0.2, 0) is 14.3 Å². The van der Waals surface area contributed by atoms with Crippen molar-refractivity contribution in [2.75, 3.05) is 20.3 Å². The number of esters is 1. The number of benzene rings is 1. The first-order valence-corrected chi connectivity index (χ1v) is 9.29. The molecule has 0 heterocycles. The maximum absolute atomic E-state index is 12.2. The van der Waals surface area contributed by atoms with E-state index in [4.69, 9.17) is 14.2 Å². The van der Waals surface area contributed by atoms with Crippen molar-refractivity contribution >= 4 is 11.9 Å². The Morgan fingerprint density at radius 3 is 2.19 bits per heavy atom. The van der Waals surface area contributed by atoms with E-state index in [9.17, 15) is 9.59 Å². The van der Waals surface area contributed by atoms with Gasteiger partial charge in [0, 0.05) is 6.42 Å².